The Kier molecular flexibility index (Phi) is 4.75. The minimum atomic E-state index is 0.338. The average Bonchev–Trinajstić information content (AvgIpc) is 3.01. The van der Waals surface area contributed by atoms with Crippen molar-refractivity contribution in [2.24, 2.45) is 11.3 Å². The fourth-order valence-electron chi connectivity index (χ4n) is 4.61. The van der Waals surface area contributed by atoms with E-state index in [1.54, 1.807) is 19.8 Å². The van der Waals surface area contributed by atoms with Crippen molar-refractivity contribution in [3.05, 3.63) is 42.5 Å². The molecular weight excluding hydrogens is 312 g/mol. The number of aromatic nitrogens is 3. The Morgan fingerprint density at radius 2 is 2.24 bits per heavy atom. The summed E-state index contributed by atoms with van der Waals surface area (Å²) in [6.07, 6.45) is 11.6. The highest BCUT2D eigenvalue weighted by Crippen LogP contribution is 2.65. The molecule has 1 heterocycles. The van der Waals surface area contributed by atoms with Crippen molar-refractivity contribution >= 4 is 0 Å². The first-order chi connectivity index (χ1) is 12.3. The summed E-state index contributed by atoms with van der Waals surface area (Å²) in [5, 5.41) is 8.04. The van der Waals surface area contributed by atoms with E-state index in [9.17, 15) is 0 Å². The molecule has 1 unspecified atom stereocenters. The topological polar surface area (TPSA) is 52.0 Å². The lowest BCUT2D eigenvalue weighted by atomic mass is 9.98. The number of nitrogens with one attached hydrogen (secondary N) is 1. The molecule has 2 aliphatic carbocycles. The SMILES string of the molecule is COc1ccc(C(CCn2cncn2)NCC[C@@]23CCC[C@@H]2C3)cc1. The highest BCUT2D eigenvalue weighted by molar-refractivity contribution is 5.29. The van der Waals surface area contributed by atoms with Crippen molar-refractivity contribution in [3.63, 3.8) is 0 Å². The van der Waals surface area contributed by atoms with Crippen molar-refractivity contribution in [1.82, 2.24) is 20.1 Å². The van der Waals surface area contributed by atoms with Crippen molar-refractivity contribution < 1.29 is 4.74 Å². The fourth-order valence-corrected chi connectivity index (χ4v) is 4.61. The first-order valence-corrected chi connectivity index (χ1v) is 9.49. The Morgan fingerprint density at radius 1 is 1.36 bits per heavy atom. The van der Waals surface area contributed by atoms with Gasteiger partial charge in [0.15, 0.2) is 0 Å². The Hall–Kier alpha value is -1.88. The summed E-state index contributed by atoms with van der Waals surface area (Å²) in [6, 6.07) is 8.78. The maximum Gasteiger partial charge on any atom is 0.137 e. The molecule has 0 bridgehead atoms. The molecule has 4 rings (SSSR count). The molecule has 2 aromatic rings. The lowest BCUT2D eigenvalue weighted by Crippen LogP contribution is -2.25. The quantitative estimate of drug-likeness (QED) is 0.758. The number of ether oxygens (including phenoxy) is 1. The molecule has 0 amide bonds. The second-order valence-electron chi connectivity index (χ2n) is 7.63. The molecule has 25 heavy (non-hydrogen) atoms. The number of hydrogen-bond acceptors (Lipinski definition) is 4. The first-order valence-electron chi connectivity index (χ1n) is 9.49. The lowest BCUT2D eigenvalue weighted by Gasteiger charge is -2.21. The van der Waals surface area contributed by atoms with Gasteiger partial charge in [0.2, 0.25) is 0 Å². The molecule has 1 aromatic heterocycles. The van der Waals surface area contributed by atoms with Crippen molar-refractivity contribution in [2.45, 2.75) is 51.1 Å². The highest BCUT2D eigenvalue weighted by Gasteiger charge is 2.55. The van der Waals surface area contributed by atoms with Crippen molar-refractivity contribution in [2.75, 3.05) is 13.7 Å². The molecule has 2 saturated carbocycles. The minimum Gasteiger partial charge on any atom is -0.497 e. The predicted molar refractivity (Wildman–Crippen MR) is 97.4 cm³/mol. The van der Waals surface area contributed by atoms with Crippen LogP contribution in [0.5, 0.6) is 5.75 Å². The molecule has 1 aromatic carbocycles. The van der Waals surface area contributed by atoms with Gasteiger partial charge in [0.1, 0.15) is 18.4 Å². The molecule has 3 atom stereocenters. The van der Waals surface area contributed by atoms with Crippen molar-refractivity contribution in [1.29, 1.82) is 0 Å². The van der Waals surface area contributed by atoms with E-state index in [1.165, 1.54) is 37.7 Å². The van der Waals surface area contributed by atoms with E-state index in [2.05, 4.69) is 27.5 Å². The molecule has 0 saturated heterocycles. The molecule has 2 aliphatic rings. The Labute approximate surface area is 149 Å². The lowest BCUT2D eigenvalue weighted by molar-refractivity contribution is 0.386. The number of aryl methyl sites for hydroxylation is 1. The zero-order valence-corrected chi connectivity index (χ0v) is 15.0. The Bertz CT molecular complexity index is 670. The Morgan fingerprint density at radius 3 is 2.88 bits per heavy atom. The molecule has 0 spiro atoms. The molecule has 5 nitrogen and oxygen atoms in total. The standard InChI is InChI=1S/C20H28N4O/c1-25-18-6-4-16(5-7-18)19(8-12-24-15-21-14-23-24)22-11-10-20-9-2-3-17(20)13-20/h4-7,14-15,17,19,22H,2-3,8-13H2,1H3/t17-,19?,20-/m1/s1. The van der Waals surface area contributed by atoms with Crippen LogP contribution in [0.2, 0.25) is 0 Å². The third-order valence-electron chi connectivity index (χ3n) is 6.23. The summed E-state index contributed by atoms with van der Waals surface area (Å²) in [5.41, 5.74) is 2.01. The summed E-state index contributed by atoms with van der Waals surface area (Å²) in [7, 11) is 1.71. The number of methoxy groups -OCH3 is 1. The van der Waals surface area contributed by atoms with Gasteiger partial charge in [-0.25, -0.2) is 4.98 Å². The second-order valence-corrected chi connectivity index (χ2v) is 7.63. The van der Waals surface area contributed by atoms with Crippen LogP contribution in [0.3, 0.4) is 0 Å². The van der Waals surface area contributed by atoms with E-state index in [0.29, 0.717) is 11.5 Å². The number of benzene rings is 1. The van der Waals surface area contributed by atoms with Crippen LogP contribution in [0.25, 0.3) is 0 Å². The number of nitrogens with zero attached hydrogens (tertiary/aromatic N) is 3. The maximum absolute atomic E-state index is 5.29. The summed E-state index contributed by atoms with van der Waals surface area (Å²) in [4.78, 5) is 4.04. The van der Waals surface area contributed by atoms with Gasteiger partial charge in [-0.3, -0.25) is 4.68 Å². The van der Waals surface area contributed by atoms with E-state index in [0.717, 1.165) is 31.2 Å². The van der Waals surface area contributed by atoms with Crippen LogP contribution in [0, 0.1) is 11.3 Å². The molecular formula is C20H28N4O. The predicted octanol–water partition coefficient (Wildman–Crippen LogP) is 3.59. The van der Waals surface area contributed by atoms with Gasteiger partial charge in [0, 0.05) is 12.6 Å². The summed E-state index contributed by atoms with van der Waals surface area (Å²) in [5.74, 6) is 1.94. The molecule has 5 heteroatoms. The minimum absolute atomic E-state index is 0.338. The van der Waals surface area contributed by atoms with Gasteiger partial charge in [-0.1, -0.05) is 18.6 Å². The number of hydrogen-bond donors (Lipinski definition) is 1. The first kappa shape index (κ1) is 16.6. The number of fused-ring (bicyclic) bond motifs is 1. The fraction of sp³-hybridized carbons (Fsp3) is 0.600. The van der Waals surface area contributed by atoms with Crippen LogP contribution >= 0.6 is 0 Å². The highest BCUT2D eigenvalue weighted by atomic mass is 16.5. The molecule has 2 fully saturated rings. The van der Waals surface area contributed by atoms with E-state index >= 15 is 0 Å². The zero-order valence-electron chi connectivity index (χ0n) is 15.0. The maximum atomic E-state index is 5.29. The van der Waals surface area contributed by atoms with Crippen LogP contribution in [0.15, 0.2) is 36.9 Å². The largest absolute Gasteiger partial charge is 0.497 e. The second kappa shape index (κ2) is 7.16. The van der Waals surface area contributed by atoms with E-state index in [4.69, 9.17) is 4.74 Å². The molecule has 0 aliphatic heterocycles. The average molecular weight is 340 g/mol. The number of rotatable bonds is 9. The van der Waals surface area contributed by atoms with E-state index < -0.39 is 0 Å². The molecule has 1 N–H and O–H groups in total. The van der Waals surface area contributed by atoms with Gasteiger partial charge >= 0.3 is 0 Å². The van der Waals surface area contributed by atoms with Gasteiger partial charge in [-0.15, -0.1) is 0 Å². The van der Waals surface area contributed by atoms with Crippen LogP contribution in [-0.4, -0.2) is 28.4 Å². The normalized spacial score (nSPS) is 25.6. The van der Waals surface area contributed by atoms with Crippen molar-refractivity contribution in [3.8, 4) is 5.75 Å². The van der Waals surface area contributed by atoms with Crippen LogP contribution in [0.4, 0.5) is 0 Å². The zero-order chi connectivity index (χ0) is 17.1. The smallest absolute Gasteiger partial charge is 0.137 e. The monoisotopic (exact) mass is 340 g/mol. The summed E-state index contributed by atoms with van der Waals surface area (Å²) < 4.78 is 7.20. The molecule has 134 valence electrons. The third-order valence-corrected chi connectivity index (χ3v) is 6.23. The van der Waals surface area contributed by atoms with Gasteiger partial charge < -0.3 is 10.1 Å². The summed E-state index contributed by atoms with van der Waals surface area (Å²) in [6.45, 7) is 1.97. The van der Waals surface area contributed by atoms with E-state index in [1.807, 2.05) is 16.8 Å². The van der Waals surface area contributed by atoms with E-state index in [-0.39, 0.29) is 0 Å². The van der Waals surface area contributed by atoms with Gasteiger partial charge in [-0.2, -0.15) is 5.10 Å². The van der Waals surface area contributed by atoms with Gasteiger partial charge in [0.25, 0.3) is 0 Å². The van der Waals surface area contributed by atoms with Crippen LogP contribution < -0.4 is 10.1 Å². The van der Waals surface area contributed by atoms with Gasteiger partial charge in [0.05, 0.1) is 7.11 Å². The Balaban J connectivity index is 1.37. The van der Waals surface area contributed by atoms with Crippen LogP contribution in [0.1, 0.15) is 50.1 Å². The third kappa shape index (κ3) is 3.71. The van der Waals surface area contributed by atoms with Crippen LogP contribution in [-0.2, 0) is 6.54 Å². The summed E-state index contributed by atoms with van der Waals surface area (Å²) >= 11 is 0. The van der Waals surface area contributed by atoms with Gasteiger partial charge in [-0.05, 0) is 67.7 Å². The molecule has 0 radical (unpaired) electrons.